The molecule has 0 atom stereocenters. The summed E-state index contributed by atoms with van der Waals surface area (Å²) in [5, 5.41) is 5.03. The predicted molar refractivity (Wildman–Crippen MR) is 101 cm³/mol. The van der Waals surface area contributed by atoms with E-state index in [4.69, 9.17) is 11.6 Å². The highest BCUT2D eigenvalue weighted by molar-refractivity contribution is 7.12. The fraction of sp³-hybridized carbons (Fsp3) is 0.0526. The summed E-state index contributed by atoms with van der Waals surface area (Å²) in [7, 11) is 0. The number of amides is 2. The summed E-state index contributed by atoms with van der Waals surface area (Å²) in [4.78, 5) is 27.0. The van der Waals surface area contributed by atoms with Gasteiger partial charge in [-0.15, -0.1) is 11.3 Å². The van der Waals surface area contributed by atoms with Gasteiger partial charge in [0.15, 0.2) is 0 Å². The van der Waals surface area contributed by atoms with E-state index in [1.165, 1.54) is 11.3 Å². The molecule has 0 spiro atoms. The quantitative estimate of drug-likeness (QED) is 0.720. The molecule has 4 rings (SSSR count). The third-order valence-electron chi connectivity index (χ3n) is 4.08. The van der Waals surface area contributed by atoms with Crippen LogP contribution in [0, 0.1) is 0 Å². The van der Waals surface area contributed by atoms with Crippen LogP contribution in [-0.4, -0.2) is 11.8 Å². The van der Waals surface area contributed by atoms with E-state index in [0.29, 0.717) is 33.4 Å². The van der Waals surface area contributed by atoms with Crippen LogP contribution in [0.2, 0.25) is 5.02 Å². The molecule has 2 amide bonds. The van der Waals surface area contributed by atoms with Gasteiger partial charge in [-0.25, -0.2) is 0 Å². The number of halogens is 1. The summed E-state index contributed by atoms with van der Waals surface area (Å²) < 4.78 is 0. The molecule has 4 nitrogen and oxygen atoms in total. The van der Waals surface area contributed by atoms with E-state index < -0.39 is 0 Å². The summed E-state index contributed by atoms with van der Waals surface area (Å²) in [5.74, 6) is -0.239. The molecule has 0 fully saturated rings. The number of fused-ring (bicyclic) bond motifs is 1. The highest BCUT2D eigenvalue weighted by Gasteiger charge is 2.28. The van der Waals surface area contributed by atoms with E-state index in [1.54, 1.807) is 29.2 Å². The average Bonchev–Trinajstić information content (AvgIpc) is 3.26. The molecule has 2 heterocycles. The number of thiophene rings is 1. The van der Waals surface area contributed by atoms with Crippen molar-refractivity contribution in [3.8, 4) is 0 Å². The van der Waals surface area contributed by atoms with E-state index in [0.717, 1.165) is 5.56 Å². The van der Waals surface area contributed by atoms with Gasteiger partial charge in [-0.1, -0.05) is 35.9 Å². The van der Waals surface area contributed by atoms with Crippen LogP contribution in [0.4, 0.5) is 11.4 Å². The zero-order valence-corrected chi connectivity index (χ0v) is 14.6. The van der Waals surface area contributed by atoms with E-state index in [2.05, 4.69) is 5.32 Å². The highest BCUT2D eigenvalue weighted by Crippen LogP contribution is 2.33. The molecule has 25 heavy (non-hydrogen) atoms. The maximum Gasteiger partial charge on any atom is 0.265 e. The van der Waals surface area contributed by atoms with E-state index in [1.807, 2.05) is 35.7 Å². The van der Waals surface area contributed by atoms with Gasteiger partial charge >= 0.3 is 0 Å². The maximum absolute atomic E-state index is 12.5. The van der Waals surface area contributed by atoms with Crippen molar-refractivity contribution in [1.82, 2.24) is 0 Å². The van der Waals surface area contributed by atoms with Gasteiger partial charge in [-0.3, -0.25) is 9.59 Å². The van der Waals surface area contributed by atoms with Crippen LogP contribution in [-0.2, 0) is 6.54 Å². The highest BCUT2D eigenvalue weighted by atomic mass is 35.5. The Bertz CT molecular complexity index is 969. The molecule has 0 radical (unpaired) electrons. The monoisotopic (exact) mass is 368 g/mol. The van der Waals surface area contributed by atoms with E-state index in [9.17, 15) is 9.59 Å². The van der Waals surface area contributed by atoms with Crippen molar-refractivity contribution in [1.29, 1.82) is 0 Å². The van der Waals surface area contributed by atoms with Crippen LogP contribution < -0.4 is 10.2 Å². The fourth-order valence-electron chi connectivity index (χ4n) is 2.83. The van der Waals surface area contributed by atoms with Gasteiger partial charge in [0.05, 0.1) is 22.1 Å². The Morgan fingerprint density at radius 3 is 2.68 bits per heavy atom. The van der Waals surface area contributed by atoms with E-state index >= 15 is 0 Å². The van der Waals surface area contributed by atoms with Crippen LogP contribution in [0.5, 0.6) is 0 Å². The Hall–Kier alpha value is -2.63. The second kappa shape index (κ2) is 6.35. The van der Waals surface area contributed by atoms with Gasteiger partial charge in [-0.05, 0) is 41.3 Å². The average molecular weight is 369 g/mol. The first kappa shape index (κ1) is 15.9. The Morgan fingerprint density at radius 2 is 1.96 bits per heavy atom. The number of hydrogen-bond donors (Lipinski definition) is 1. The number of rotatable bonds is 3. The normalized spacial score (nSPS) is 13.0. The first-order chi connectivity index (χ1) is 12.1. The van der Waals surface area contributed by atoms with E-state index in [-0.39, 0.29) is 11.8 Å². The third-order valence-corrected chi connectivity index (χ3v) is 5.26. The van der Waals surface area contributed by atoms with Crippen molar-refractivity contribution in [3.05, 3.63) is 81.0 Å². The Balaban J connectivity index is 1.57. The molecule has 0 bridgehead atoms. The molecule has 1 aliphatic rings. The summed E-state index contributed by atoms with van der Waals surface area (Å²) in [6.45, 7) is 0.520. The number of carbonyl (C=O) groups is 2. The predicted octanol–water partition coefficient (Wildman–Crippen LogP) is 4.81. The van der Waals surface area contributed by atoms with Gasteiger partial charge in [0.2, 0.25) is 0 Å². The van der Waals surface area contributed by atoms with Crippen LogP contribution >= 0.6 is 22.9 Å². The van der Waals surface area contributed by atoms with Crippen LogP contribution in [0.15, 0.2) is 60.0 Å². The maximum atomic E-state index is 12.5. The zero-order valence-electron chi connectivity index (χ0n) is 13.0. The van der Waals surface area contributed by atoms with Gasteiger partial charge in [-0.2, -0.15) is 0 Å². The fourth-order valence-corrected chi connectivity index (χ4v) is 3.67. The first-order valence-corrected chi connectivity index (χ1v) is 8.93. The molecule has 1 aliphatic heterocycles. The minimum atomic E-state index is -0.200. The van der Waals surface area contributed by atoms with Crippen molar-refractivity contribution < 1.29 is 9.59 Å². The van der Waals surface area contributed by atoms with Crippen molar-refractivity contribution in [2.24, 2.45) is 0 Å². The number of benzene rings is 2. The SMILES string of the molecule is O=C(Nc1ccc(N2Cc3ccccc3C2=O)cc1Cl)c1cccs1. The number of carbonyl (C=O) groups excluding carboxylic acids is 2. The standard InChI is InChI=1S/C19H13ClN2O2S/c20-15-10-13(22-11-12-4-1-2-5-14(12)19(22)24)7-8-16(15)21-18(23)17-6-3-9-25-17/h1-10H,11H2,(H,21,23). The molecular weight excluding hydrogens is 356 g/mol. The number of anilines is 2. The molecule has 1 N–H and O–H groups in total. The van der Waals surface area contributed by atoms with Gasteiger partial charge in [0.25, 0.3) is 11.8 Å². The molecule has 0 saturated heterocycles. The molecule has 2 aromatic carbocycles. The minimum absolute atomic E-state index is 0.0398. The molecule has 0 unspecified atom stereocenters. The van der Waals surface area contributed by atoms with Crippen molar-refractivity contribution in [2.45, 2.75) is 6.54 Å². The molecule has 6 heteroatoms. The smallest absolute Gasteiger partial charge is 0.265 e. The second-order valence-corrected chi connectivity index (χ2v) is 7.00. The van der Waals surface area contributed by atoms with Gasteiger partial charge in [0, 0.05) is 11.3 Å². The van der Waals surface area contributed by atoms with Crippen LogP contribution in [0.1, 0.15) is 25.6 Å². The number of hydrogen-bond acceptors (Lipinski definition) is 3. The summed E-state index contributed by atoms with van der Waals surface area (Å²) in [6.07, 6.45) is 0. The number of nitrogens with zero attached hydrogens (tertiary/aromatic N) is 1. The number of nitrogens with one attached hydrogen (secondary N) is 1. The lowest BCUT2D eigenvalue weighted by Crippen LogP contribution is -2.23. The minimum Gasteiger partial charge on any atom is -0.320 e. The molecule has 124 valence electrons. The topological polar surface area (TPSA) is 49.4 Å². The van der Waals surface area contributed by atoms with Crippen LogP contribution in [0.25, 0.3) is 0 Å². The molecule has 3 aromatic rings. The van der Waals surface area contributed by atoms with Gasteiger partial charge in [0.1, 0.15) is 0 Å². The summed E-state index contributed by atoms with van der Waals surface area (Å²) >= 11 is 7.69. The van der Waals surface area contributed by atoms with Gasteiger partial charge < -0.3 is 10.2 Å². The van der Waals surface area contributed by atoms with Crippen molar-refractivity contribution in [2.75, 3.05) is 10.2 Å². The zero-order chi connectivity index (χ0) is 17.4. The largest absolute Gasteiger partial charge is 0.320 e. The first-order valence-electron chi connectivity index (χ1n) is 7.67. The summed E-state index contributed by atoms with van der Waals surface area (Å²) in [5.41, 5.74) is 2.95. The molecule has 1 aromatic heterocycles. The second-order valence-electron chi connectivity index (χ2n) is 5.64. The van der Waals surface area contributed by atoms with Crippen LogP contribution in [0.3, 0.4) is 0 Å². The lowest BCUT2D eigenvalue weighted by Gasteiger charge is -2.17. The third kappa shape index (κ3) is 2.92. The van der Waals surface area contributed by atoms with Crippen molar-refractivity contribution >= 4 is 46.1 Å². The van der Waals surface area contributed by atoms with Crippen molar-refractivity contribution in [3.63, 3.8) is 0 Å². The Kier molecular flexibility index (Phi) is 4.03. The lowest BCUT2D eigenvalue weighted by molar-refractivity contribution is 0.0994. The molecule has 0 saturated carbocycles. The lowest BCUT2D eigenvalue weighted by atomic mass is 10.1. The Labute approximate surface area is 153 Å². The molecular formula is C19H13ClN2O2S. The Morgan fingerprint density at radius 1 is 1.12 bits per heavy atom. The summed E-state index contributed by atoms with van der Waals surface area (Å²) in [6, 6.07) is 16.3. The molecule has 0 aliphatic carbocycles.